The molecule has 138 valence electrons. The van der Waals surface area contributed by atoms with Gasteiger partial charge in [-0.25, -0.2) is 0 Å². The number of nitrogens with one attached hydrogen (secondary N) is 1. The second-order valence-electron chi connectivity index (χ2n) is 6.87. The van der Waals surface area contributed by atoms with Gasteiger partial charge in [0.05, 0.1) is 18.2 Å². The van der Waals surface area contributed by atoms with Gasteiger partial charge in [0.1, 0.15) is 0 Å². The quantitative estimate of drug-likeness (QED) is 0.877. The topological polar surface area (TPSA) is 61.9 Å². The van der Waals surface area contributed by atoms with Crippen molar-refractivity contribution >= 4 is 11.8 Å². The van der Waals surface area contributed by atoms with Crippen LogP contribution in [0.25, 0.3) is 0 Å². The zero-order valence-electron chi connectivity index (χ0n) is 15.8. The van der Waals surface area contributed by atoms with Gasteiger partial charge in [-0.2, -0.15) is 0 Å². The van der Waals surface area contributed by atoms with Crippen LogP contribution in [0.15, 0.2) is 24.3 Å². The van der Waals surface area contributed by atoms with Crippen LogP contribution in [0.5, 0.6) is 0 Å². The number of ether oxygens (including phenoxy) is 1. The summed E-state index contributed by atoms with van der Waals surface area (Å²) in [6, 6.07) is 7.25. The van der Waals surface area contributed by atoms with E-state index in [0.29, 0.717) is 25.2 Å². The van der Waals surface area contributed by atoms with Gasteiger partial charge in [-0.1, -0.05) is 12.1 Å². The predicted molar refractivity (Wildman–Crippen MR) is 97.4 cm³/mol. The first-order chi connectivity index (χ1) is 11.8. The van der Waals surface area contributed by atoms with Crippen LogP contribution in [0.1, 0.15) is 36.7 Å². The zero-order valence-corrected chi connectivity index (χ0v) is 15.8. The molecule has 3 atom stereocenters. The highest BCUT2D eigenvalue weighted by Gasteiger charge is 2.30. The minimum absolute atomic E-state index is 0.0717. The van der Waals surface area contributed by atoms with Crippen molar-refractivity contribution in [3.05, 3.63) is 35.4 Å². The Kier molecular flexibility index (Phi) is 6.56. The van der Waals surface area contributed by atoms with Crippen molar-refractivity contribution in [3.8, 4) is 0 Å². The second kappa shape index (κ2) is 8.45. The second-order valence-corrected chi connectivity index (χ2v) is 6.87. The molecule has 1 aliphatic rings. The molecule has 6 heteroatoms. The maximum atomic E-state index is 12.8. The summed E-state index contributed by atoms with van der Waals surface area (Å²) < 4.78 is 5.70. The molecular weight excluding hydrogens is 318 g/mol. The summed E-state index contributed by atoms with van der Waals surface area (Å²) in [5, 5.41) is 2.61. The number of hydrogen-bond acceptors (Lipinski definition) is 4. The molecule has 0 bridgehead atoms. The Bertz CT molecular complexity index is 592. The third kappa shape index (κ3) is 5.03. The lowest BCUT2D eigenvalue weighted by atomic mass is 10.1. The molecule has 1 heterocycles. The average Bonchev–Trinajstić information content (AvgIpc) is 2.59. The SMILES string of the molecule is CNC(=O)c1ccc(CN(C)[C@H](C)C(=O)N2C[C@H](C)O[C@@H](C)C2)cc1. The first kappa shape index (κ1) is 19.4. The highest BCUT2D eigenvalue weighted by molar-refractivity contribution is 5.93. The summed E-state index contributed by atoms with van der Waals surface area (Å²) in [7, 11) is 3.56. The van der Waals surface area contributed by atoms with E-state index in [0.717, 1.165) is 5.56 Å². The predicted octanol–water partition coefficient (Wildman–Crippen LogP) is 1.50. The van der Waals surface area contributed by atoms with Gasteiger partial charge in [-0.05, 0) is 45.5 Å². The Morgan fingerprint density at radius 1 is 1.24 bits per heavy atom. The van der Waals surface area contributed by atoms with E-state index >= 15 is 0 Å². The van der Waals surface area contributed by atoms with Crippen LogP contribution in [0.3, 0.4) is 0 Å². The highest BCUT2D eigenvalue weighted by atomic mass is 16.5. The maximum absolute atomic E-state index is 12.8. The number of carbonyl (C=O) groups is 2. The van der Waals surface area contributed by atoms with Gasteiger partial charge in [0.2, 0.25) is 5.91 Å². The minimum Gasteiger partial charge on any atom is -0.372 e. The van der Waals surface area contributed by atoms with Gasteiger partial charge in [0, 0.05) is 32.2 Å². The van der Waals surface area contributed by atoms with E-state index in [1.165, 1.54) is 0 Å². The first-order valence-corrected chi connectivity index (χ1v) is 8.77. The molecule has 1 aromatic rings. The minimum atomic E-state index is -0.212. The number of amides is 2. The molecule has 0 spiro atoms. The number of benzene rings is 1. The molecule has 25 heavy (non-hydrogen) atoms. The lowest BCUT2D eigenvalue weighted by molar-refractivity contribution is -0.147. The maximum Gasteiger partial charge on any atom is 0.251 e. The Balaban J connectivity index is 1.96. The third-order valence-electron chi connectivity index (χ3n) is 4.62. The normalized spacial score (nSPS) is 21.9. The van der Waals surface area contributed by atoms with Crippen molar-refractivity contribution in [2.45, 2.75) is 45.6 Å². The summed E-state index contributed by atoms with van der Waals surface area (Å²) in [6.45, 7) is 7.86. The number of likely N-dealkylation sites (N-methyl/N-ethyl adjacent to an activating group) is 1. The molecule has 1 fully saturated rings. The Labute approximate surface area is 150 Å². The van der Waals surface area contributed by atoms with Gasteiger partial charge in [0.15, 0.2) is 0 Å². The summed E-state index contributed by atoms with van der Waals surface area (Å²) in [4.78, 5) is 28.3. The van der Waals surface area contributed by atoms with E-state index in [9.17, 15) is 9.59 Å². The van der Waals surface area contributed by atoms with Crippen molar-refractivity contribution in [1.29, 1.82) is 0 Å². The molecule has 0 aromatic heterocycles. The molecule has 0 radical (unpaired) electrons. The van der Waals surface area contributed by atoms with E-state index in [4.69, 9.17) is 4.74 Å². The van der Waals surface area contributed by atoms with E-state index in [-0.39, 0.29) is 30.1 Å². The fourth-order valence-corrected chi connectivity index (χ4v) is 3.14. The van der Waals surface area contributed by atoms with E-state index in [1.54, 1.807) is 19.2 Å². The molecule has 0 saturated carbocycles. The summed E-state index contributed by atoms with van der Waals surface area (Å²) in [6.07, 6.45) is 0.143. The molecule has 0 unspecified atom stereocenters. The standard InChI is InChI=1S/C19H29N3O3/c1-13-10-22(11-14(2)25-13)19(24)15(3)21(5)12-16-6-8-17(9-7-16)18(23)20-4/h6-9,13-15H,10-12H2,1-5H3,(H,20,23)/t13-,14-,15+/m0/s1. The lowest BCUT2D eigenvalue weighted by Crippen LogP contribution is -2.53. The number of rotatable bonds is 5. The number of nitrogens with zero attached hydrogens (tertiary/aromatic N) is 2. The smallest absolute Gasteiger partial charge is 0.251 e. The molecule has 2 rings (SSSR count). The van der Waals surface area contributed by atoms with Gasteiger partial charge in [0.25, 0.3) is 5.91 Å². The molecule has 1 aliphatic heterocycles. The van der Waals surface area contributed by atoms with E-state index < -0.39 is 0 Å². The highest BCUT2D eigenvalue weighted by Crippen LogP contribution is 2.15. The van der Waals surface area contributed by atoms with Crippen LogP contribution in [0, 0.1) is 0 Å². The summed E-state index contributed by atoms with van der Waals surface area (Å²) in [5.74, 6) is 0.0329. The lowest BCUT2D eigenvalue weighted by Gasteiger charge is -2.38. The fraction of sp³-hybridized carbons (Fsp3) is 0.579. The Morgan fingerprint density at radius 2 is 1.80 bits per heavy atom. The van der Waals surface area contributed by atoms with Crippen LogP contribution >= 0.6 is 0 Å². The van der Waals surface area contributed by atoms with Crippen molar-refractivity contribution in [3.63, 3.8) is 0 Å². The van der Waals surface area contributed by atoms with Crippen LogP contribution in [0.4, 0.5) is 0 Å². The first-order valence-electron chi connectivity index (χ1n) is 8.77. The van der Waals surface area contributed by atoms with Crippen molar-refractivity contribution in [2.75, 3.05) is 27.2 Å². The number of morpholine rings is 1. The van der Waals surface area contributed by atoms with Gasteiger partial charge < -0.3 is 15.0 Å². The molecule has 1 aromatic carbocycles. The molecule has 6 nitrogen and oxygen atoms in total. The van der Waals surface area contributed by atoms with Gasteiger partial charge >= 0.3 is 0 Å². The van der Waals surface area contributed by atoms with Crippen molar-refractivity contribution in [1.82, 2.24) is 15.1 Å². The van der Waals surface area contributed by atoms with E-state index in [2.05, 4.69) is 5.32 Å². The molecular formula is C19H29N3O3. The molecule has 2 amide bonds. The fourth-order valence-electron chi connectivity index (χ4n) is 3.14. The number of hydrogen-bond donors (Lipinski definition) is 1. The largest absolute Gasteiger partial charge is 0.372 e. The van der Waals surface area contributed by atoms with Crippen LogP contribution in [-0.2, 0) is 16.1 Å². The van der Waals surface area contributed by atoms with Crippen LogP contribution < -0.4 is 5.32 Å². The van der Waals surface area contributed by atoms with Crippen molar-refractivity contribution < 1.29 is 14.3 Å². The third-order valence-corrected chi connectivity index (χ3v) is 4.62. The monoisotopic (exact) mass is 347 g/mol. The summed E-state index contributed by atoms with van der Waals surface area (Å²) >= 11 is 0. The van der Waals surface area contributed by atoms with Crippen LogP contribution in [0.2, 0.25) is 0 Å². The van der Waals surface area contributed by atoms with E-state index in [1.807, 2.05) is 49.8 Å². The Hall–Kier alpha value is -1.92. The van der Waals surface area contributed by atoms with Crippen LogP contribution in [-0.4, -0.2) is 67.0 Å². The molecule has 1 saturated heterocycles. The zero-order chi connectivity index (χ0) is 18.6. The average molecular weight is 347 g/mol. The van der Waals surface area contributed by atoms with Crippen molar-refractivity contribution in [2.24, 2.45) is 0 Å². The van der Waals surface area contributed by atoms with Gasteiger partial charge in [-0.15, -0.1) is 0 Å². The molecule has 0 aliphatic carbocycles. The molecule has 1 N–H and O–H groups in total. The Morgan fingerprint density at radius 3 is 2.32 bits per heavy atom. The summed E-state index contributed by atoms with van der Waals surface area (Å²) in [5.41, 5.74) is 1.70. The van der Waals surface area contributed by atoms with Gasteiger partial charge in [-0.3, -0.25) is 14.5 Å². The number of carbonyl (C=O) groups excluding carboxylic acids is 2.